The van der Waals surface area contributed by atoms with Gasteiger partial charge in [-0.1, -0.05) is 6.42 Å². The summed E-state index contributed by atoms with van der Waals surface area (Å²) in [4.78, 5) is 4.27. The van der Waals surface area contributed by atoms with Crippen LogP contribution in [0.1, 0.15) is 25.0 Å². The van der Waals surface area contributed by atoms with E-state index in [1.807, 2.05) is 18.3 Å². The smallest absolute Gasteiger partial charge is 0.0431 e. The van der Waals surface area contributed by atoms with Gasteiger partial charge in [0, 0.05) is 23.0 Å². The second-order valence-corrected chi connectivity index (χ2v) is 3.92. The van der Waals surface area contributed by atoms with Gasteiger partial charge in [0.2, 0.25) is 0 Å². The van der Waals surface area contributed by atoms with Gasteiger partial charge in [-0.2, -0.15) is 0 Å². The maximum absolute atomic E-state index is 8.58. The van der Waals surface area contributed by atoms with E-state index in [1.165, 1.54) is 0 Å². The molecular formula is C10H14BrNO. The number of aliphatic hydroxyl groups is 1. The minimum atomic E-state index is 0.299. The number of aliphatic hydroxyl groups excluding tert-OH is 1. The van der Waals surface area contributed by atoms with Crippen molar-refractivity contribution in [3.63, 3.8) is 0 Å². The normalized spacial score (nSPS) is 10.3. The van der Waals surface area contributed by atoms with Crippen molar-refractivity contribution in [2.45, 2.75) is 25.7 Å². The predicted molar refractivity (Wildman–Crippen MR) is 56.6 cm³/mol. The van der Waals surface area contributed by atoms with Crippen LogP contribution in [0, 0.1) is 0 Å². The molecule has 3 heteroatoms. The number of pyridine rings is 1. The summed E-state index contributed by atoms with van der Waals surface area (Å²) in [5, 5.41) is 8.58. The lowest BCUT2D eigenvalue weighted by atomic mass is 10.1. The van der Waals surface area contributed by atoms with Gasteiger partial charge in [0.1, 0.15) is 0 Å². The van der Waals surface area contributed by atoms with Crippen molar-refractivity contribution in [2.24, 2.45) is 0 Å². The largest absolute Gasteiger partial charge is 0.396 e. The van der Waals surface area contributed by atoms with E-state index in [2.05, 4.69) is 20.9 Å². The van der Waals surface area contributed by atoms with E-state index in [-0.39, 0.29) is 0 Å². The third-order valence-corrected chi connectivity index (χ3v) is 2.35. The number of hydrogen-bond acceptors (Lipinski definition) is 2. The van der Waals surface area contributed by atoms with Gasteiger partial charge < -0.3 is 5.11 Å². The highest BCUT2D eigenvalue weighted by Crippen LogP contribution is 2.09. The minimum absolute atomic E-state index is 0.299. The Morgan fingerprint density at radius 2 is 2.08 bits per heavy atom. The van der Waals surface area contributed by atoms with E-state index in [1.54, 1.807) is 0 Å². The van der Waals surface area contributed by atoms with Gasteiger partial charge in [-0.3, -0.25) is 4.98 Å². The Bertz CT molecular complexity index is 235. The number of aryl methyl sites for hydroxylation is 1. The molecule has 0 bridgehead atoms. The zero-order valence-electron chi connectivity index (χ0n) is 7.54. The summed E-state index contributed by atoms with van der Waals surface area (Å²) in [6.45, 7) is 0.299. The Labute approximate surface area is 87.1 Å². The van der Waals surface area contributed by atoms with E-state index in [9.17, 15) is 0 Å². The zero-order valence-corrected chi connectivity index (χ0v) is 9.13. The van der Waals surface area contributed by atoms with Crippen molar-refractivity contribution < 1.29 is 5.11 Å². The zero-order chi connectivity index (χ0) is 9.52. The van der Waals surface area contributed by atoms with Crippen molar-refractivity contribution in [2.75, 3.05) is 6.61 Å². The van der Waals surface area contributed by atoms with Gasteiger partial charge in [-0.05, 0) is 47.3 Å². The van der Waals surface area contributed by atoms with Gasteiger partial charge in [0.15, 0.2) is 0 Å². The van der Waals surface area contributed by atoms with E-state index in [0.717, 1.165) is 35.8 Å². The molecular weight excluding hydrogens is 230 g/mol. The molecule has 0 saturated heterocycles. The molecule has 0 aliphatic rings. The van der Waals surface area contributed by atoms with Crippen LogP contribution in [0.15, 0.2) is 22.8 Å². The maximum Gasteiger partial charge on any atom is 0.0431 e. The second-order valence-electron chi connectivity index (χ2n) is 3.00. The predicted octanol–water partition coefficient (Wildman–Crippen LogP) is 2.55. The Morgan fingerprint density at radius 3 is 2.69 bits per heavy atom. The highest BCUT2D eigenvalue weighted by atomic mass is 79.9. The average molecular weight is 244 g/mol. The molecule has 1 N–H and O–H groups in total. The van der Waals surface area contributed by atoms with Gasteiger partial charge in [-0.25, -0.2) is 0 Å². The molecule has 0 saturated carbocycles. The summed E-state index contributed by atoms with van der Waals surface area (Å²) < 4.78 is 1.02. The third-order valence-electron chi connectivity index (χ3n) is 1.88. The summed E-state index contributed by atoms with van der Waals surface area (Å²) in [7, 11) is 0. The standard InChI is InChI=1S/C10H14BrNO/c11-9-5-6-10(12-8-9)4-2-1-3-7-13/h5-6,8,13H,1-4,7H2. The van der Waals surface area contributed by atoms with Crippen molar-refractivity contribution in [3.8, 4) is 0 Å². The molecule has 0 aromatic carbocycles. The molecule has 0 fully saturated rings. The molecule has 1 aromatic rings. The monoisotopic (exact) mass is 243 g/mol. The molecule has 0 unspecified atom stereocenters. The lowest BCUT2D eigenvalue weighted by molar-refractivity contribution is 0.283. The first kappa shape index (κ1) is 10.7. The summed E-state index contributed by atoms with van der Waals surface area (Å²) >= 11 is 3.34. The first-order chi connectivity index (χ1) is 6.33. The first-order valence-corrected chi connectivity index (χ1v) is 5.33. The molecule has 0 aliphatic heterocycles. The van der Waals surface area contributed by atoms with Gasteiger partial charge in [0.25, 0.3) is 0 Å². The van der Waals surface area contributed by atoms with Crippen LogP contribution in [-0.2, 0) is 6.42 Å². The molecule has 0 spiro atoms. The number of hydrogen-bond donors (Lipinski definition) is 1. The second kappa shape index (κ2) is 6.11. The van der Waals surface area contributed by atoms with Crippen LogP contribution in [0.3, 0.4) is 0 Å². The summed E-state index contributed by atoms with van der Waals surface area (Å²) in [6.07, 6.45) is 5.91. The van der Waals surface area contributed by atoms with Crippen LogP contribution in [-0.4, -0.2) is 16.7 Å². The van der Waals surface area contributed by atoms with Crippen molar-refractivity contribution >= 4 is 15.9 Å². The Hall–Kier alpha value is -0.410. The molecule has 1 heterocycles. The van der Waals surface area contributed by atoms with Crippen molar-refractivity contribution in [1.82, 2.24) is 4.98 Å². The van der Waals surface area contributed by atoms with E-state index < -0.39 is 0 Å². The number of halogens is 1. The van der Waals surface area contributed by atoms with Crippen LogP contribution in [0.2, 0.25) is 0 Å². The fourth-order valence-corrected chi connectivity index (χ4v) is 1.38. The van der Waals surface area contributed by atoms with Crippen molar-refractivity contribution in [3.05, 3.63) is 28.5 Å². The Kier molecular flexibility index (Phi) is 5.01. The number of nitrogens with zero attached hydrogens (tertiary/aromatic N) is 1. The highest BCUT2D eigenvalue weighted by Gasteiger charge is 1.94. The number of aromatic nitrogens is 1. The molecule has 0 aliphatic carbocycles. The number of unbranched alkanes of at least 4 members (excludes halogenated alkanes) is 2. The summed E-state index contributed by atoms with van der Waals surface area (Å²) in [5.41, 5.74) is 1.13. The highest BCUT2D eigenvalue weighted by molar-refractivity contribution is 9.10. The van der Waals surface area contributed by atoms with Crippen LogP contribution in [0.25, 0.3) is 0 Å². The maximum atomic E-state index is 8.58. The summed E-state index contributed by atoms with van der Waals surface area (Å²) in [5.74, 6) is 0. The van der Waals surface area contributed by atoms with Crippen LogP contribution < -0.4 is 0 Å². The lowest BCUT2D eigenvalue weighted by Gasteiger charge is -1.99. The van der Waals surface area contributed by atoms with Crippen LogP contribution in [0.5, 0.6) is 0 Å². The first-order valence-electron chi connectivity index (χ1n) is 4.54. The molecule has 0 amide bonds. The Balaban J connectivity index is 2.25. The van der Waals surface area contributed by atoms with Crippen molar-refractivity contribution in [1.29, 1.82) is 0 Å². The topological polar surface area (TPSA) is 33.1 Å². The lowest BCUT2D eigenvalue weighted by Crippen LogP contribution is -1.90. The minimum Gasteiger partial charge on any atom is -0.396 e. The number of rotatable bonds is 5. The molecule has 1 aromatic heterocycles. The third kappa shape index (κ3) is 4.39. The van der Waals surface area contributed by atoms with E-state index in [4.69, 9.17) is 5.11 Å². The molecule has 72 valence electrons. The van der Waals surface area contributed by atoms with Gasteiger partial charge in [-0.15, -0.1) is 0 Å². The SMILES string of the molecule is OCCCCCc1ccc(Br)cn1. The average Bonchev–Trinajstić information content (AvgIpc) is 2.15. The Morgan fingerprint density at radius 1 is 1.23 bits per heavy atom. The van der Waals surface area contributed by atoms with Gasteiger partial charge >= 0.3 is 0 Å². The molecule has 1 rings (SSSR count). The van der Waals surface area contributed by atoms with E-state index in [0.29, 0.717) is 6.61 Å². The quantitative estimate of drug-likeness (QED) is 0.807. The molecule has 0 radical (unpaired) electrons. The van der Waals surface area contributed by atoms with Crippen LogP contribution >= 0.6 is 15.9 Å². The van der Waals surface area contributed by atoms with Crippen LogP contribution in [0.4, 0.5) is 0 Å². The molecule has 2 nitrogen and oxygen atoms in total. The summed E-state index contributed by atoms with van der Waals surface area (Å²) in [6, 6.07) is 4.04. The van der Waals surface area contributed by atoms with Gasteiger partial charge in [0.05, 0.1) is 0 Å². The molecule has 0 atom stereocenters. The fraction of sp³-hybridized carbons (Fsp3) is 0.500. The molecule has 13 heavy (non-hydrogen) atoms. The fourth-order valence-electron chi connectivity index (χ4n) is 1.15. The van der Waals surface area contributed by atoms with E-state index >= 15 is 0 Å².